The fourth-order valence-electron chi connectivity index (χ4n) is 3.26. The van der Waals surface area contributed by atoms with Crippen molar-refractivity contribution in [3.05, 3.63) is 64.2 Å². The number of nitro benzene ring substituents is 1. The molecule has 1 atom stereocenters. The molecule has 1 heterocycles. The Morgan fingerprint density at radius 3 is 2.36 bits per heavy atom. The number of methoxy groups -OCH3 is 1. The van der Waals surface area contributed by atoms with Crippen molar-refractivity contribution in [3.63, 3.8) is 0 Å². The van der Waals surface area contributed by atoms with Gasteiger partial charge in [-0.1, -0.05) is 12.1 Å². The lowest BCUT2D eigenvalue weighted by Gasteiger charge is -2.39. The van der Waals surface area contributed by atoms with Crippen molar-refractivity contribution in [1.82, 2.24) is 4.90 Å². The summed E-state index contributed by atoms with van der Waals surface area (Å²) in [4.78, 5) is 15.1. The first-order chi connectivity index (χ1) is 12.1. The zero-order chi connectivity index (χ0) is 17.8. The van der Waals surface area contributed by atoms with E-state index in [0.29, 0.717) is 6.04 Å². The van der Waals surface area contributed by atoms with Crippen LogP contribution in [0.15, 0.2) is 48.5 Å². The molecule has 1 aliphatic rings. The van der Waals surface area contributed by atoms with E-state index < -0.39 is 0 Å². The fourth-order valence-corrected chi connectivity index (χ4v) is 3.26. The molecule has 25 heavy (non-hydrogen) atoms. The summed E-state index contributed by atoms with van der Waals surface area (Å²) < 4.78 is 5.32. The second-order valence-electron chi connectivity index (χ2n) is 6.25. The monoisotopic (exact) mass is 341 g/mol. The molecule has 3 rings (SSSR count). The van der Waals surface area contributed by atoms with E-state index in [1.807, 2.05) is 24.3 Å². The minimum Gasteiger partial charge on any atom is -0.497 e. The van der Waals surface area contributed by atoms with Crippen molar-refractivity contribution in [2.24, 2.45) is 0 Å². The molecule has 0 bridgehead atoms. The normalized spacial score (nSPS) is 16.5. The maximum Gasteiger partial charge on any atom is 0.269 e. The van der Waals surface area contributed by atoms with Crippen LogP contribution >= 0.6 is 0 Å². The molecule has 0 aliphatic carbocycles. The zero-order valence-corrected chi connectivity index (χ0v) is 14.6. The van der Waals surface area contributed by atoms with Crippen LogP contribution in [0.25, 0.3) is 0 Å². The summed E-state index contributed by atoms with van der Waals surface area (Å²) in [6.45, 7) is 5.94. The number of hydrogen-bond acceptors (Lipinski definition) is 5. The smallest absolute Gasteiger partial charge is 0.269 e. The van der Waals surface area contributed by atoms with E-state index in [4.69, 9.17) is 4.74 Å². The van der Waals surface area contributed by atoms with Crippen molar-refractivity contribution >= 4 is 11.4 Å². The highest BCUT2D eigenvalue weighted by Crippen LogP contribution is 2.26. The molecule has 0 amide bonds. The van der Waals surface area contributed by atoms with E-state index in [1.165, 1.54) is 5.56 Å². The predicted octanol–water partition coefficient (Wildman–Crippen LogP) is 3.49. The Morgan fingerprint density at radius 2 is 1.76 bits per heavy atom. The van der Waals surface area contributed by atoms with Gasteiger partial charge in [-0.25, -0.2) is 0 Å². The van der Waals surface area contributed by atoms with Gasteiger partial charge in [-0.15, -0.1) is 0 Å². The first kappa shape index (κ1) is 17.2. The third-order valence-corrected chi connectivity index (χ3v) is 4.86. The van der Waals surface area contributed by atoms with Crippen LogP contribution in [0, 0.1) is 10.1 Å². The Hall–Kier alpha value is -2.60. The van der Waals surface area contributed by atoms with Crippen LogP contribution in [-0.2, 0) is 0 Å². The molecule has 132 valence electrons. The molecule has 0 aromatic heterocycles. The third-order valence-electron chi connectivity index (χ3n) is 4.86. The first-order valence-corrected chi connectivity index (χ1v) is 8.46. The number of nitrogens with zero attached hydrogens (tertiary/aromatic N) is 3. The van der Waals surface area contributed by atoms with E-state index in [0.717, 1.165) is 37.6 Å². The van der Waals surface area contributed by atoms with Crippen LogP contribution in [0.2, 0.25) is 0 Å². The Morgan fingerprint density at radius 1 is 1.08 bits per heavy atom. The van der Waals surface area contributed by atoms with Crippen LogP contribution in [0.5, 0.6) is 5.75 Å². The molecule has 0 saturated carbocycles. The summed E-state index contributed by atoms with van der Waals surface area (Å²) in [5, 5.41) is 10.8. The maximum atomic E-state index is 10.8. The molecule has 6 nitrogen and oxygen atoms in total. The molecule has 2 aromatic rings. The van der Waals surface area contributed by atoms with Crippen molar-refractivity contribution in [2.75, 3.05) is 38.2 Å². The second-order valence-corrected chi connectivity index (χ2v) is 6.25. The maximum absolute atomic E-state index is 10.8. The molecule has 1 unspecified atom stereocenters. The van der Waals surface area contributed by atoms with Crippen molar-refractivity contribution in [1.29, 1.82) is 0 Å². The highest BCUT2D eigenvalue weighted by atomic mass is 16.6. The molecule has 2 aromatic carbocycles. The van der Waals surface area contributed by atoms with E-state index in [1.54, 1.807) is 19.2 Å². The van der Waals surface area contributed by atoms with Crippen LogP contribution in [0.4, 0.5) is 11.4 Å². The minimum absolute atomic E-state index is 0.133. The first-order valence-electron chi connectivity index (χ1n) is 8.46. The molecular formula is C19H23N3O3. The van der Waals surface area contributed by atoms with Gasteiger partial charge in [0.1, 0.15) is 5.75 Å². The Kier molecular flexibility index (Phi) is 5.19. The third kappa shape index (κ3) is 3.91. The summed E-state index contributed by atoms with van der Waals surface area (Å²) >= 11 is 0. The van der Waals surface area contributed by atoms with Gasteiger partial charge in [0.25, 0.3) is 5.69 Å². The van der Waals surface area contributed by atoms with E-state index >= 15 is 0 Å². The average Bonchev–Trinajstić information content (AvgIpc) is 2.67. The van der Waals surface area contributed by atoms with Gasteiger partial charge < -0.3 is 9.64 Å². The van der Waals surface area contributed by atoms with Crippen LogP contribution in [-0.4, -0.2) is 43.1 Å². The highest BCUT2D eigenvalue weighted by molar-refractivity contribution is 5.51. The van der Waals surface area contributed by atoms with Crippen LogP contribution < -0.4 is 9.64 Å². The molecule has 0 radical (unpaired) electrons. The summed E-state index contributed by atoms with van der Waals surface area (Å²) in [5.74, 6) is 0.883. The number of piperazine rings is 1. The van der Waals surface area contributed by atoms with Crippen molar-refractivity contribution in [3.8, 4) is 5.75 Å². The van der Waals surface area contributed by atoms with Gasteiger partial charge in [0.2, 0.25) is 0 Å². The molecule has 0 spiro atoms. The standard InChI is InChI=1S/C19H23N3O3/c1-15(16-4-3-5-19(14-16)25-2)20-10-12-21(13-11-20)17-6-8-18(9-7-17)22(23)24/h3-9,14-15H,10-13H2,1-2H3. The lowest BCUT2D eigenvalue weighted by Crippen LogP contribution is -2.47. The number of anilines is 1. The van der Waals surface area contributed by atoms with Crippen molar-refractivity contribution < 1.29 is 9.66 Å². The summed E-state index contributed by atoms with van der Waals surface area (Å²) in [5.41, 5.74) is 2.43. The minimum atomic E-state index is -0.364. The summed E-state index contributed by atoms with van der Waals surface area (Å²) in [6, 6.07) is 15.3. The predicted molar refractivity (Wildman–Crippen MR) is 98.3 cm³/mol. The van der Waals surface area contributed by atoms with E-state index in [-0.39, 0.29) is 10.6 Å². The number of nitro groups is 1. The average molecular weight is 341 g/mol. The van der Waals surface area contributed by atoms with Gasteiger partial charge in [0, 0.05) is 50.0 Å². The number of non-ortho nitro benzene ring substituents is 1. The van der Waals surface area contributed by atoms with Gasteiger partial charge >= 0.3 is 0 Å². The van der Waals surface area contributed by atoms with Crippen molar-refractivity contribution in [2.45, 2.75) is 13.0 Å². The largest absolute Gasteiger partial charge is 0.497 e. The van der Waals surface area contributed by atoms with Gasteiger partial charge in [-0.05, 0) is 36.8 Å². The molecular weight excluding hydrogens is 318 g/mol. The van der Waals surface area contributed by atoms with Crippen LogP contribution in [0.3, 0.4) is 0 Å². The SMILES string of the molecule is COc1cccc(C(C)N2CCN(c3ccc([N+](=O)[O-])cc3)CC2)c1. The summed E-state index contributed by atoms with van der Waals surface area (Å²) in [7, 11) is 1.69. The van der Waals surface area contributed by atoms with E-state index in [2.05, 4.69) is 28.9 Å². The van der Waals surface area contributed by atoms with Gasteiger partial charge in [0.15, 0.2) is 0 Å². The quantitative estimate of drug-likeness (QED) is 0.615. The lowest BCUT2D eigenvalue weighted by atomic mass is 10.1. The zero-order valence-electron chi connectivity index (χ0n) is 14.6. The molecule has 1 fully saturated rings. The fraction of sp³-hybridized carbons (Fsp3) is 0.368. The molecule has 0 N–H and O–H groups in total. The van der Waals surface area contributed by atoms with Crippen LogP contribution in [0.1, 0.15) is 18.5 Å². The number of benzene rings is 2. The molecule has 6 heteroatoms. The van der Waals surface area contributed by atoms with Gasteiger partial charge in [0.05, 0.1) is 12.0 Å². The number of hydrogen-bond donors (Lipinski definition) is 0. The Labute approximate surface area is 147 Å². The topological polar surface area (TPSA) is 58.8 Å². The van der Waals surface area contributed by atoms with Gasteiger partial charge in [-0.2, -0.15) is 0 Å². The Bertz CT molecular complexity index is 725. The highest BCUT2D eigenvalue weighted by Gasteiger charge is 2.22. The number of ether oxygens (including phenoxy) is 1. The summed E-state index contributed by atoms with van der Waals surface area (Å²) in [6.07, 6.45) is 0. The lowest BCUT2D eigenvalue weighted by molar-refractivity contribution is -0.384. The molecule has 1 aliphatic heterocycles. The van der Waals surface area contributed by atoms with E-state index in [9.17, 15) is 10.1 Å². The molecule has 1 saturated heterocycles. The number of rotatable bonds is 5. The van der Waals surface area contributed by atoms with Gasteiger partial charge in [-0.3, -0.25) is 15.0 Å². The Balaban J connectivity index is 1.62. The second kappa shape index (κ2) is 7.53.